The molecule has 2 aromatic carbocycles. The summed E-state index contributed by atoms with van der Waals surface area (Å²) < 4.78 is 20.2. The number of rotatable bonds is 7. The van der Waals surface area contributed by atoms with Gasteiger partial charge in [0.2, 0.25) is 5.82 Å². The molecule has 2 N–H and O–H groups in total. The van der Waals surface area contributed by atoms with Gasteiger partial charge in [-0.1, -0.05) is 47.7 Å². The Labute approximate surface area is 209 Å². The SMILES string of the molecule is O=C(OCc1ccccc1)N1C[C@@H](Nc2cccc(-c3cccc([N+](=O)[O-])c3F)n2)C[C@H]1c1nn[nH]n1. The van der Waals surface area contributed by atoms with Gasteiger partial charge in [-0.3, -0.25) is 15.0 Å². The summed E-state index contributed by atoms with van der Waals surface area (Å²) in [4.78, 5) is 29.3. The van der Waals surface area contributed by atoms with Crippen LogP contribution >= 0.6 is 0 Å². The van der Waals surface area contributed by atoms with Gasteiger partial charge in [-0.25, -0.2) is 9.78 Å². The van der Waals surface area contributed by atoms with Gasteiger partial charge in [-0.2, -0.15) is 9.60 Å². The first-order chi connectivity index (χ1) is 18.0. The van der Waals surface area contributed by atoms with Gasteiger partial charge in [-0.05, 0) is 30.2 Å². The molecule has 1 fully saturated rings. The highest BCUT2D eigenvalue weighted by Crippen LogP contribution is 2.33. The van der Waals surface area contributed by atoms with Crippen molar-refractivity contribution in [3.63, 3.8) is 0 Å². The lowest BCUT2D eigenvalue weighted by Gasteiger charge is -2.21. The molecule has 0 aliphatic carbocycles. The molecule has 0 spiro atoms. The van der Waals surface area contributed by atoms with E-state index >= 15 is 0 Å². The summed E-state index contributed by atoms with van der Waals surface area (Å²) in [5.41, 5.74) is 0.481. The number of benzene rings is 2. The smallest absolute Gasteiger partial charge is 0.410 e. The van der Waals surface area contributed by atoms with Gasteiger partial charge >= 0.3 is 11.8 Å². The molecule has 0 bridgehead atoms. The number of hydrogen-bond donors (Lipinski definition) is 2. The van der Waals surface area contributed by atoms with Crippen LogP contribution in [0.25, 0.3) is 11.3 Å². The number of carbonyl (C=O) groups excluding carboxylic acids is 1. The molecule has 3 heterocycles. The summed E-state index contributed by atoms with van der Waals surface area (Å²) in [7, 11) is 0. The fraction of sp³-hybridized carbons (Fsp3) is 0.208. The zero-order valence-electron chi connectivity index (χ0n) is 19.3. The Bertz CT molecular complexity index is 1400. The third-order valence-electron chi connectivity index (χ3n) is 5.95. The minimum atomic E-state index is -0.956. The fourth-order valence-corrected chi connectivity index (χ4v) is 4.23. The number of halogens is 1. The predicted molar refractivity (Wildman–Crippen MR) is 129 cm³/mol. The molecule has 1 saturated heterocycles. The molecule has 1 aliphatic heterocycles. The number of anilines is 1. The van der Waals surface area contributed by atoms with E-state index < -0.39 is 28.6 Å². The molecule has 1 amide bonds. The summed E-state index contributed by atoms with van der Waals surface area (Å²) in [6.45, 7) is 0.384. The molecule has 1 aliphatic rings. The highest BCUT2D eigenvalue weighted by molar-refractivity contribution is 5.69. The summed E-state index contributed by atoms with van der Waals surface area (Å²) in [6, 6.07) is 17.4. The second-order valence-corrected chi connectivity index (χ2v) is 8.36. The standard InChI is InChI=1S/C24H21FN8O4/c25-22-17(8-4-10-19(22)33(35)36)18-9-5-11-21(27-18)26-16-12-20(23-28-30-31-29-23)32(13-16)24(34)37-14-15-6-2-1-3-7-15/h1-11,16,20H,12-14H2,(H,26,27)(H,28,29,30,31)/t16-,20-/m0/s1. The lowest BCUT2D eigenvalue weighted by Crippen LogP contribution is -2.34. The minimum absolute atomic E-state index is 0.0139. The maximum absolute atomic E-state index is 14.7. The van der Waals surface area contributed by atoms with E-state index in [1.807, 2.05) is 30.3 Å². The van der Waals surface area contributed by atoms with E-state index in [-0.39, 0.29) is 30.5 Å². The van der Waals surface area contributed by atoms with Gasteiger partial charge < -0.3 is 10.1 Å². The molecule has 0 unspecified atom stereocenters. The molecule has 188 valence electrons. The number of nitrogens with zero attached hydrogens (tertiary/aromatic N) is 6. The van der Waals surface area contributed by atoms with E-state index in [1.54, 1.807) is 18.2 Å². The van der Waals surface area contributed by atoms with Gasteiger partial charge in [0.05, 0.1) is 10.6 Å². The normalized spacial score (nSPS) is 16.9. The molecule has 4 aromatic rings. The Balaban J connectivity index is 1.33. The number of H-pyrrole nitrogens is 1. The number of nitrogens with one attached hydrogen (secondary N) is 2. The van der Waals surface area contributed by atoms with Crippen LogP contribution in [0.4, 0.5) is 20.7 Å². The third kappa shape index (κ3) is 5.19. The highest BCUT2D eigenvalue weighted by atomic mass is 19.1. The minimum Gasteiger partial charge on any atom is -0.445 e. The van der Waals surface area contributed by atoms with Gasteiger partial charge in [0, 0.05) is 24.2 Å². The van der Waals surface area contributed by atoms with Crippen molar-refractivity contribution in [2.24, 2.45) is 0 Å². The number of aromatic nitrogens is 5. The molecular weight excluding hydrogens is 483 g/mol. The van der Waals surface area contributed by atoms with Crippen molar-refractivity contribution in [3.8, 4) is 11.3 Å². The molecule has 2 aromatic heterocycles. The maximum Gasteiger partial charge on any atom is 0.410 e. The number of carbonyl (C=O) groups is 1. The number of likely N-dealkylation sites (tertiary alicyclic amines) is 1. The summed E-state index contributed by atoms with van der Waals surface area (Å²) in [5, 5.41) is 28.5. The number of nitro groups is 1. The van der Waals surface area contributed by atoms with E-state index in [2.05, 4.69) is 30.9 Å². The van der Waals surface area contributed by atoms with Crippen LogP contribution < -0.4 is 5.32 Å². The first kappa shape index (κ1) is 23.8. The second kappa shape index (κ2) is 10.4. The van der Waals surface area contributed by atoms with Crippen LogP contribution in [-0.4, -0.2) is 54.1 Å². The Morgan fingerprint density at radius 2 is 1.97 bits per heavy atom. The van der Waals surface area contributed by atoms with Crippen molar-refractivity contribution in [1.82, 2.24) is 30.5 Å². The van der Waals surface area contributed by atoms with Crippen molar-refractivity contribution in [2.45, 2.75) is 25.1 Å². The van der Waals surface area contributed by atoms with E-state index in [9.17, 15) is 19.3 Å². The molecule has 13 heteroatoms. The number of nitro benzene ring substituents is 1. The van der Waals surface area contributed by atoms with E-state index in [0.717, 1.165) is 11.6 Å². The second-order valence-electron chi connectivity index (χ2n) is 8.36. The van der Waals surface area contributed by atoms with Crippen molar-refractivity contribution >= 4 is 17.6 Å². The Morgan fingerprint density at radius 1 is 1.16 bits per heavy atom. The van der Waals surface area contributed by atoms with E-state index in [4.69, 9.17) is 4.74 Å². The van der Waals surface area contributed by atoms with Crippen molar-refractivity contribution in [2.75, 3.05) is 11.9 Å². The zero-order chi connectivity index (χ0) is 25.8. The van der Waals surface area contributed by atoms with E-state index in [0.29, 0.717) is 18.1 Å². The van der Waals surface area contributed by atoms with Crippen LogP contribution in [0.1, 0.15) is 23.9 Å². The van der Waals surface area contributed by atoms with Crippen molar-refractivity contribution < 1.29 is 18.8 Å². The molecule has 12 nitrogen and oxygen atoms in total. The molecule has 0 saturated carbocycles. The highest BCUT2D eigenvalue weighted by Gasteiger charge is 2.39. The zero-order valence-corrected chi connectivity index (χ0v) is 19.3. The van der Waals surface area contributed by atoms with Crippen LogP contribution in [0.15, 0.2) is 66.7 Å². The first-order valence-corrected chi connectivity index (χ1v) is 11.4. The fourth-order valence-electron chi connectivity index (χ4n) is 4.23. The average Bonchev–Trinajstić information content (AvgIpc) is 3.58. The number of amides is 1. The number of tetrazole rings is 1. The van der Waals surface area contributed by atoms with Crippen LogP contribution in [0.3, 0.4) is 0 Å². The van der Waals surface area contributed by atoms with Gasteiger partial charge in [0.25, 0.3) is 0 Å². The largest absolute Gasteiger partial charge is 0.445 e. The number of pyridine rings is 1. The lowest BCUT2D eigenvalue weighted by atomic mass is 10.1. The van der Waals surface area contributed by atoms with Crippen LogP contribution in [-0.2, 0) is 11.3 Å². The summed E-state index contributed by atoms with van der Waals surface area (Å²) in [6.07, 6.45) is -0.0832. The Morgan fingerprint density at radius 3 is 2.73 bits per heavy atom. The predicted octanol–water partition coefficient (Wildman–Crippen LogP) is 3.87. The van der Waals surface area contributed by atoms with Gasteiger partial charge in [-0.15, -0.1) is 10.2 Å². The third-order valence-corrected chi connectivity index (χ3v) is 5.95. The topological polar surface area (TPSA) is 152 Å². The van der Waals surface area contributed by atoms with E-state index in [1.165, 1.54) is 17.0 Å². The average molecular weight is 504 g/mol. The summed E-state index contributed by atoms with van der Waals surface area (Å²) in [5.74, 6) is -0.191. The quantitative estimate of drug-likeness (QED) is 0.282. The lowest BCUT2D eigenvalue weighted by molar-refractivity contribution is -0.387. The summed E-state index contributed by atoms with van der Waals surface area (Å²) >= 11 is 0. The maximum atomic E-state index is 14.7. The van der Waals surface area contributed by atoms with Crippen LogP contribution in [0.5, 0.6) is 0 Å². The molecule has 0 radical (unpaired) electrons. The molecule has 37 heavy (non-hydrogen) atoms. The Hall–Kier alpha value is -4.94. The van der Waals surface area contributed by atoms with Crippen molar-refractivity contribution in [1.29, 1.82) is 0 Å². The van der Waals surface area contributed by atoms with Crippen LogP contribution in [0, 0.1) is 15.9 Å². The number of ether oxygens (including phenoxy) is 1. The molecule has 5 rings (SSSR count). The van der Waals surface area contributed by atoms with Crippen LogP contribution in [0.2, 0.25) is 0 Å². The van der Waals surface area contributed by atoms with Crippen molar-refractivity contribution in [3.05, 3.63) is 94.0 Å². The molecule has 2 atom stereocenters. The first-order valence-electron chi connectivity index (χ1n) is 11.4. The van der Waals surface area contributed by atoms with Gasteiger partial charge in [0.15, 0.2) is 5.82 Å². The number of aromatic amines is 1. The molecular formula is C24H21FN8O4. The number of hydrogen-bond acceptors (Lipinski definition) is 9. The Kier molecular flexibility index (Phi) is 6.66. The van der Waals surface area contributed by atoms with Gasteiger partial charge in [0.1, 0.15) is 18.5 Å². The monoisotopic (exact) mass is 504 g/mol.